The van der Waals surface area contributed by atoms with Crippen LogP contribution in [0.5, 0.6) is 5.75 Å². The molecule has 4 rings (SSSR count). The van der Waals surface area contributed by atoms with Crippen molar-refractivity contribution in [2.45, 2.75) is 32.5 Å². The Hall–Kier alpha value is -3.59. The molecule has 0 unspecified atom stereocenters. The normalized spacial score (nSPS) is 11.8. The van der Waals surface area contributed by atoms with Gasteiger partial charge < -0.3 is 9.64 Å². The highest BCUT2D eigenvalue weighted by molar-refractivity contribution is 5.89. The molecule has 0 bridgehead atoms. The van der Waals surface area contributed by atoms with Gasteiger partial charge in [0.2, 0.25) is 0 Å². The molecule has 0 aromatic heterocycles. The Morgan fingerprint density at radius 1 is 0.742 bits per heavy atom. The van der Waals surface area contributed by atoms with Gasteiger partial charge in [-0.3, -0.25) is 4.79 Å². The van der Waals surface area contributed by atoms with Crippen LogP contribution >= 0.6 is 0 Å². The van der Waals surface area contributed by atoms with Gasteiger partial charge in [0.25, 0.3) is 5.91 Å². The standard InChI is InChI=1S/C28H27NO2/c1-2-26(31-27-19-11-17-24-16-9-10-18-25(24)27)28(30)29(20-22-12-5-3-6-13-22)21-23-14-7-4-8-15-23/h3-19,26H,2,20-21H2,1H3/t26-/m1/s1. The van der Waals surface area contributed by atoms with E-state index in [-0.39, 0.29) is 5.91 Å². The van der Waals surface area contributed by atoms with Crippen molar-refractivity contribution in [1.29, 1.82) is 0 Å². The van der Waals surface area contributed by atoms with Crippen LogP contribution in [0.15, 0.2) is 103 Å². The van der Waals surface area contributed by atoms with Crippen molar-refractivity contribution in [3.63, 3.8) is 0 Å². The van der Waals surface area contributed by atoms with Crippen LogP contribution in [0.3, 0.4) is 0 Å². The molecule has 0 heterocycles. The molecule has 0 N–H and O–H groups in total. The first-order valence-electron chi connectivity index (χ1n) is 10.8. The average molecular weight is 410 g/mol. The van der Waals surface area contributed by atoms with Crippen LogP contribution < -0.4 is 4.74 Å². The maximum atomic E-state index is 13.6. The van der Waals surface area contributed by atoms with Crippen LogP contribution in [0.2, 0.25) is 0 Å². The van der Waals surface area contributed by atoms with Crippen LogP contribution in [0.25, 0.3) is 10.8 Å². The van der Waals surface area contributed by atoms with E-state index >= 15 is 0 Å². The minimum absolute atomic E-state index is 0.00291. The van der Waals surface area contributed by atoms with Gasteiger partial charge in [-0.15, -0.1) is 0 Å². The molecule has 156 valence electrons. The van der Waals surface area contributed by atoms with Crippen molar-refractivity contribution in [3.05, 3.63) is 114 Å². The Balaban J connectivity index is 1.60. The summed E-state index contributed by atoms with van der Waals surface area (Å²) >= 11 is 0. The Kier molecular flexibility index (Phi) is 6.63. The first-order valence-corrected chi connectivity index (χ1v) is 10.8. The van der Waals surface area contributed by atoms with Gasteiger partial charge in [-0.2, -0.15) is 0 Å². The number of fused-ring (bicyclic) bond motifs is 1. The number of amides is 1. The fourth-order valence-electron chi connectivity index (χ4n) is 3.78. The molecule has 0 fully saturated rings. The van der Waals surface area contributed by atoms with Gasteiger partial charge in [0.15, 0.2) is 6.10 Å². The summed E-state index contributed by atoms with van der Waals surface area (Å²) in [6.45, 7) is 3.09. The van der Waals surface area contributed by atoms with Gasteiger partial charge >= 0.3 is 0 Å². The summed E-state index contributed by atoms with van der Waals surface area (Å²) in [7, 11) is 0. The van der Waals surface area contributed by atoms with E-state index in [1.807, 2.05) is 78.6 Å². The van der Waals surface area contributed by atoms with Gasteiger partial charge in [0.05, 0.1) is 0 Å². The molecule has 3 heteroatoms. The Morgan fingerprint density at radius 2 is 1.29 bits per heavy atom. The summed E-state index contributed by atoms with van der Waals surface area (Å²) in [6.07, 6.45) is 0.0560. The zero-order valence-electron chi connectivity index (χ0n) is 17.8. The Bertz CT molecular complexity index is 1080. The van der Waals surface area contributed by atoms with Gasteiger partial charge in [0.1, 0.15) is 5.75 Å². The predicted octanol–water partition coefficient (Wildman–Crippen LogP) is 6.23. The molecule has 0 aliphatic rings. The molecule has 0 aliphatic carbocycles. The smallest absolute Gasteiger partial charge is 0.264 e. The van der Waals surface area contributed by atoms with Crippen LogP contribution in [0, 0.1) is 0 Å². The van der Waals surface area contributed by atoms with Crippen LogP contribution in [0.1, 0.15) is 24.5 Å². The average Bonchev–Trinajstić information content (AvgIpc) is 2.83. The molecule has 1 atom stereocenters. The van der Waals surface area contributed by atoms with E-state index in [0.717, 1.165) is 27.6 Å². The van der Waals surface area contributed by atoms with Crippen molar-refractivity contribution in [2.75, 3.05) is 0 Å². The SMILES string of the molecule is CC[C@@H](Oc1cccc2ccccc12)C(=O)N(Cc1ccccc1)Cc1ccccc1. The van der Waals surface area contributed by atoms with Gasteiger partial charge in [0, 0.05) is 18.5 Å². The van der Waals surface area contributed by atoms with Gasteiger partial charge in [-0.1, -0.05) is 104 Å². The number of hydrogen-bond acceptors (Lipinski definition) is 2. The zero-order valence-corrected chi connectivity index (χ0v) is 17.8. The molecule has 0 spiro atoms. The molecular formula is C28H27NO2. The highest BCUT2D eigenvalue weighted by Gasteiger charge is 2.25. The van der Waals surface area contributed by atoms with Gasteiger partial charge in [-0.25, -0.2) is 0 Å². The van der Waals surface area contributed by atoms with Crippen molar-refractivity contribution in [1.82, 2.24) is 4.90 Å². The van der Waals surface area contributed by atoms with Crippen LogP contribution in [-0.2, 0) is 17.9 Å². The molecule has 1 amide bonds. The van der Waals surface area contributed by atoms with Crippen molar-refractivity contribution in [2.24, 2.45) is 0 Å². The lowest BCUT2D eigenvalue weighted by Gasteiger charge is -2.28. The van der Waals surface area contributed by atoms with Gasteiger partial charge in [-0.05, 0) is 29.0 Å². The third-order valence-corrected chi connectivity index (χ3v) is 5.41. The molecule has 4 aromatic rings. The van der Waals surface area contributed by atoms with E-state index in [2.05, 4.69) is 36.4 Å². The van der Waals surface area contributed by atoms with E-state index in [1.165, 1.54) is 0 Å². The monoisotopic (exact) mass is 409 g/mol. The Labute approximate surface area is 183 Å². The lowest BCUT2D eigenvalue weighted by atomic mass is 10.1. The second-order valence-electron chi connectivity index (χ2n) is 7.66. The number of carbonyl (C=O) groups excluding carboxylic acids is 1. The van der Waals surface area contributed by atoms with Crippen LogP contribution in [-0.4, -0.2) is 16.9 Å². The summed E-state index contributed by atoms with van der Waals surface area (Å²) in [5.74, 6) is 0.751. The lowest BCUT2D eigenvalue weighted by molar-refractivity contribution is -0.140. The van der Waals surface area contributed by atoms with E-state index in [9.17, 15) is 4.79 Å². The zero-order chi connectivity index (χ0) is 21.5. The maximum absolute atomic E-state index is 13.6. The van der Waals surface area contributed by atoms with Crippen LogP contribution in [0.4, 0.5) is 0 Å². The second-order valence-corrected chi connectivity index (χ2v) is 7.66. The summed E-state index contributed by atoms with van der Waals surface area (Å²) in [5, 5.41) is 2.13. The summed E-state index contributed by atoms with van der Waals surface area (Å²) in [6, 6.07) is 34.3. The van der Waals surface area contributed by atoms with Crippen molar-refractivity contribution >= 4 is 16.7 Å². The maximum Gasteiger partial charge on any atom is 0.264 e. The highest BCUT2D eigenvalue weighted by atomic mass is 16.5. The minimum Gasteiger partial charge on any atom is -0.480 e. The number of rotatable bonds is 8. The molecular weight excluding hydrogens is 382 g/mol. The molecule has 0 saturated heterocycles. The number of hydrogen-bond donors (Lipinski definition) is 0. The molecule has 3 nitrogen and oxygen atoms in total. The fourth-order valence-corrected chi connectivity index (χ4v) is 3.78. The lowest BCUT2D eigenvalue weighted by Crippen LogP contribution is -2.41. The number of ether oxygens (including phenoxy) is 1. The quantitative estimate of drug-likeness (QED) is 0.345. The minimum atomic E-state index is -0.543. The molecule has 4 aromatic carbocycles. The molecule has 0 aliphatic heterocycles. The van der Waals surface area contributed by atoms with Crippen molar-refractivity contribution < 1.29 is 9.53 Å². The van der Waals surface area contributed by atoms with E-state index in [0.29, 0.717) is 19.5 Å². The van der Waals surface area contributed by atoms with Crippen molar-refractivity contribution in [3.8, 4) is 5.75 Å². The third-order valence-electron chi connectivity index (χ3n) is 5.41. The summed E-state index contributed by atoms with van der Waals surface area (Å²) in [4.78, 5) is 15.5. The Morgan fingerprint density at radius 3 is 1.90 bits per heavy atom. The number of carbonyl (C=O) groups is 1. The number of benzene rings is 4. The highest BCUT2D eigenvalue weighted by Crippen LogP contribution is 2.27. The van der Waals surface area contributed by atoms with E-state index in [1.54, 1.807) is 0 Å². The largest absolute Gasteiger partial charge is 0.480 e. The fraction of sp³-hybridized carbons (Fsp3) is 0.179. The first kappa shape index (κ1) is 20.7. The van der Waals surface area contributed by atoms with E-state index < -0.39 is 6.10 Å². The predicted molar refractivity (Wildman–Crippen MR) is 126 cm³/mol. The molecule has 0 radical (unpaired) electrons. The number of nitrogens with zero attached hydrogens (tertiary/aromatic N) is 1. The first-order chi connectivity index (χ1) is 15.2. The molecule has 31 heavy (non-hydrogen) atoms. The third kappa shape index (κ3) is 5.13. The molecule has 0 saturated carbocycles. The summed E-state index contributed by atoms with van der Waals surface area (Å²) in [5.41, 5.74) is 2.21. The summed E-state index contributed by atoms with van der Waals surface area (Å²) < 4.78 is 6.30. The van der Waals surface area contributed by atoms with E-state index in [4.69, 9.17) is 4.74 Å². The second kappa shape index (κ2) is 9.94. The topological polar surface area (TPSA) is 29.5 Å².